The lowest BCUT2D eigenvalue weighted by atomic mass is 9.30. The zero-order valence-electron chi connectivity index (χ0n) is 18.4. The number of allylic oxidation sites excluding steroid dienone is 2. The van der Waals surface area contributed by atoms with Crippen molar-refractivity contribution in [3.8, 4) is 0 Å². The molecule has 150 valence electrons. The Kier molecular flexibility index (Phi) is 4.34. The van der Waals surface area contributed by atoms with Gasteiger partial charge < -0.3 is 4.65 Å². The molecule has 0 radical (unpaired) electrons. The molecule has 3 aromatic carbocycles. The van der Waals surface area contributed by atoms with Crippen molar-refractivity contribution in [1.82, 2.24) is 0 Å². The fraction of sp³-hybridized carbons (Fsp3) is 0.286. The van der Waals surface area contributed by atoms with Crippen LogP contribution in [0.5, 0.6) is 0 Å². The van der Waals surface area contributed by atoms with Crippen LogP contribution in [0.25, 0.3) is 0 Å². The van der Waals surface area contributed by atoms with Crippen LogP contribution in [0.2, 0.25) is 5.31 Å². The van der Waals surface area contributed by atoms with Crippen LogP contribution < -0.4 is 0 Å². The van der Waals surface area contributed by atoms with Crippen molar-refractivity contribution in [3.63, 3.8) is 0 Å². The lowest BCUT2D eigenvalue weighted by Crippen LogP contribution is -2.48. The number of hydrogen-bond donors (Lipinski definition) is 0. The summed E-state index contributed by atoms with van der Waals surface area (Å²) in [5, 5.41) is -0.296. The summed E-state index contributed by atoms with van der Waals surface area (Å²) in [7, 11) is 0. The third-order valence-corrected chi connectivity index (χ3v) is 8.43. The van der Waals surface area contributed by atoms with Crippen LogP contribution in [0.15, 0.2) is 102 Å². The molecule has 0 amide bonds. The van der Waals surface area contributed by atoms with Crippen molar-refractivity contribution in [3.05, 3.63) is 119 Å². The van der Waals surface area contributed by atoms with Crippen molar-refractivity contribution in [2.24, 2.45) is 0 Å². The van der Waals surface area contributed by atoms with E-state index in [1.54, 1.807) is 0 Å². The Hall–Kier alpha value is -2.58. The van der Waals surface area contributed by atoms with E-state index in [9.17, 15) is 0 Å². The molecule has 3 aromatic rings. The van der Waals surface area contributed by atoms with Crippen LogP contribution >= 0.6 is 0 Å². The molecule has 1 saturated heterocycles. The molecule has 0 aromatic heterocycles. The van der Waals surface area contributed by atoms with Gasteiger partial charge in [0.15, 0.2) is 0 Å². The van der Waals surface area contributed by atoms with E-state index in [1.807, 2.05) is 0 Å². The molecule has 2 aliphatic rings. The summed E-state index contributed by atoms with van der Waals surface area (Å²) >= 11 is 0. The SMILES string of the molecule is CC1=C(C)[C@]2(C)B(OCC2(c2ccccc2)c2ccccc2)[C@]1(C)c1ccccc1. The van der Waals surface area contributed by atoms with Gasteiger partial charge in [0.2, 0.25) is 0 Å². The molecule has 2 heteroatoms. The fourth-order valence-corrected chi connectivity index (χ4v) is 6.52. The summed E-state index contributed by atoms with van der Waals surface area (Å²) in [6.45, 7) is 10.2. The summed E-state index contributed by atoms with van der Waals surface area (Å²) in [5.41, 5.74) is 6.70. The molecule has 0 unspecified atom stereocenters. The van der Waals surface area contributed by atoms with Gasteiger partial charge in [0.1, 0.15) is 0 Å². The summed E-state index contributed by atoms with van der Waals surface area (Å²) in [5.74, 6) is 0. The van der Waals surface area contributed by atoms with Crippen molar-refractivity contribution < 1.29 is 4.65 Å². The molecule has 0 bridgehead atoms. The van der Waals surface area contributed by atoms with Crippen LogP contribution in [0.1, 0.15) is 44.4 Å². The molecule has 5 rings (SSSR count). The molecule has 0 aliphatic carbocycles. The van der Waals surface area contributed by atoms with Gasteiger partial charge in [0, 0.05) is 22.7 Å². The molecule has 0 N–H and O–H groups in total. The van der Waals surface area contributed by atoms with Crippen LogP contribution in [-0.4, -0.2) is 13.5 Å². The normalized spacial score (nSPS) is 27.4. The molecule has 30 heavy (non-hydrogen) atoms. The largest absolute Gasteiger partial charge is 0.432 e. The van der Waals surface area contributed by atoms with E-state index in [0.29, 0.717) is 6.61 Å². The number of benzene rings is 3. The van der Waals surface area contributed by atoms with E-state index in [0.717, 1.165) is 0 Å². The average molecular weight is 392 g/mol. The van der Waals surface area contributed by atoms with Gasteiger partial charge in [-0.3, -0.25) is 0 Å². The van der Waals surface area contributed by atoms with Gasteiger partial charge in [-0.2, -0.15) is 0 Å². The Morgan fingerprint density at radius 3 is 1.53 bits per heavy atom. The minimum Gasteiger partial charge on any atom is -0.432 e. The van der Waals surface area contributed by atoms with Crippen LogP contribution in [0.4, 0.5) is 0 Å². The maximum absolute atomic E-state index is 6.87. The monoisotopic (exact) mass is 392 g/mol. The van der Waals surface area contributed by atoms with Crippen LogP contribution in [-0.2, 0) is 15.4 Å². The van der Waals surface area contributed by atoms with Gasteiger partial charge >= 0.3 is 6.92 Å². The highest BCUT2D eigenvalue weighted by atomic mass is 16.4. The molecular weight excluding hydrogens is 363 g/mol. The van der Waals surface area contributed by atoms with Crippen molar-refractivity contribution in [2.75, 3.05) is 6.61 Å². The van der Waals surface area contributed by atoms with Crippen LogP contribution in [0, 0.1) is 0 Å². The Labute approximate surface area is 180 Å². The number of hydrogen-bond acceptors (Lipinski definition) is 1. The molecule has 0 saturated carbocycles. The average Bonchev–Trinajstić information content (AvgIpc) is 3.21. The number of fused-ring (bicyclic) bond motifs is 1. The van der Waals surface area contributed by atoms with Crippen LogP contribution in [0.3, 0.4) is 0 Å². The van der Waals surface area contributed by atoms with Gasteiger partial charge in [0.25, 0.3) is 0 Å². The first-order chi connectivity index (χ1) is 14.5. The lowest BCUT2D eigenvalue weighted by Gasteiger charge is -2.45. The third kappa shape index (κ3) is 2.23. The lowest BCUT2D eigenvalue weighted by molar-refractivity contribution is 0.281. The second-order valence-corrected chi connectivity index (χ2v) is 9.35. The Morgan fingerprint density at radius 2 is 1.07 bits per heavy atom. The highest BCUT2D eigenvalue weighted by Crippen LogP contribution is 2.70. The Bertz CT molecular complexity index is 1050. The van der Waals surface area contributed by atoms with E-state index in [1.165, 1.54) is 27.8 Å². The van der Waals surface area contributed by atoms with E-state index < -0.39 is 0 Å². The third-order valence-electron chi connectivity index (χ3n) is 8.43. The summed E-state index contributed by atoms with van der Waals surface area (Å²) in [6, 6.07) is 32.9. The maximum Gasteiger partial charge on any atom is 0.319 e. The minimum absolute atomic E-state index is 0.0767. The quantitative estimate of drug-likeness (QED) is 0.360. The predicted molar refractivity (Wildman–Crippen MR) is 126 cm³/mol. The van der Waals surface area contributed by atoms with Crippen molar-refractivity contribution in [2.45, 2.75) is 43.7 Å². The molecule has 1 nitrogen and oxygen atoms in total. The highest BCUT2D eigenvalue weighted by molar-refractivity contribution is 6.64. The molecule has 1 fully saturated rings. The zero-order valence-corrected chi connectivity index (χ0v) is 18.4. The predicted octanol–water partition coefficient (Wildman–Crippen LogP) is 6.60. The Morgan fingerprint density at radius 1 is 0.633 bits per heavy atom. The van der Waals surface area contributed by atoms with Gasteiger partial charge in [-0.25, -0.2) is 0 Å². The maximum atomic E-state index is 6.87. The second-order valence-electron chi connectivity index (χ2n) is 9.35. The molecule has 2 heterocycles. The summed E-state index contributed by atoms with van der Waals surface area (Å²) < 4.78 is 6.87. The first-order valence-corrected chi connectivity index (χ1v) is 10.9. The van der Waals surface area contributed by atoms with E-state index in [2.05, 4.69) is 119 Å². The van der Waals surface area contributed by atoms with E-state index >= 15 is 0 Å². The molecular formula is C28H29BO. The smallest absolute Gasteiger partial charge is 0.319 e. The summed E-state index contributed by atoms with van der Waals surface area (Å²) in [4.78, 5) is 0. The standard InChI is InChI=1S/C28H29BO/c1-21-22(2)27(4)28(24-16-10-6-11-17-24,25-18-12-7-13-19-25)20-30-29(27)26(21,3)23-14-8-5-9-15-23/h5-19H,20H2,1-4H3/t26-,27-/m0/s1. The van der Waals surface area contributed by atoms with E-state index in [4.69, 9.17) is 4.65 Å². The molecule has 0 spiro atoms. The zero-order chi connectivity index (χ0) is 21.0. The fourth-order valence-electron chi connectivity index (χ4n) is 6.52. The Balaban J connectivity index is 1.80. The van der Waals surface area contributed by atoms with Crippen molar-refractivity contribution >= 4 is 6.92 Å². The first kappa shape index (κ1) is 19.4. The summed E-state index contributed by atoms with van der Waals surface area (Å²) in [6.07, 6.45) is 0. The highest BCUT2D eigenvalue weighted by Gasteiger charge is 2.71. The minimum atomic E-state index is -0.224. The van der Waals surface area contributed by atoms with Gasteiger partial charge in [0.05, 0.1) is 0 Å². The van der Waals surface area contributed by atoms with Gasteiger partial charge in [-0.05, 0) is 30.5 Å². The molecule has 2 atom stereocenters. The number of rotatable bonds is 3. The van der Waals surface area contributed by atoms with Gasteiger partial charge in [-0.1, -0.05) is 116 Å². The van der Waals surface area contributed by atoms with Gasteiger partial charge in [-0.15, -0.1) is 0 Å². The first-order valence-electron chi connectivity index (χ1n) is 10.9. The second kappa shape index (κ2) is 6.72. The van der Waals surface area contributed by atoms with E-state index in [-0.39, 0.29) is 23.0 Å². The van der Waals surface area contributed by atoms with Crippen molar-refractivity contribution in [1.29, 1.82) is 0 Å². The molecule has 2 aliphatic heterocycles. The topological polar surface area (TPSA) is 9.23 Å².